The molecule has 0 spiro atoms. The van der Waals surface area contributed by atoms with E-state index in [1.165, 1.54) is 0 Å². The molecule has 0 aliphatic carbocycles. The van der Waals surface area contributed by atoms with E-state index in [0.717, 1.165) is 22.3 Å². The van der Waals surface area contributed by atoms with Crippen molar-refractivity contribution in [1.29, 1.82) is 0 Å². The second kappa shape index (κ2) is 35.3. The minimum absolute atomic E-state index is 0.102. The largest absolute Gasteiger partial charge is 0.480 e. The van der Waals surface area contributed by atoms with Crippen LogP contribution >= 0.6 is 0 Å². The van der Waals surface area contributed by atoms with Crippen molar-refractivity contribution in [3.8, 4) is 0 Å². The van der Waals surface area contributed by atoms with Gasteiger partial charge in [-0.15, -0.1) is 0 Å². The van der Waals surface area contributed by atoms with Gasteiger partial charge in [0.2, 0.25) is 11.8 Å². The number of ketones is 1. The van der Waals surface area contributed by atoms with E-state index in [1.807, 2.05) is 121 Å². The Balaban J connectivity index is 0.000000448. The lowest BCUT2D eigenvalue weighted by Gasteiger charge is -2.24. The molecule has 0 saturated heterocycles. The normalized spacial score (nSPS) is 12.4. The van der Waals surface area contributed by atoms with Crippen LogP contribution in [-0.4, -0.2) is 95.5 Å². The van der Waals surface area contributed by atoms with Gasteiger partial charge >= 0.3 is 30.3 Å². The molecular weight excluding hydrogens is 991 g/mol. The molecule has 4 aromatic rings. The molecule has 0 aliphatic heterocycles. The fraction of sp³-hybridized carbons (Fsp3) is 0.439. The quantitative estimate of drug-likeness (QED) is 0.0225. The number of carbonyl (C=O) groups excluding carboxylic acids is 7. The van der Waals surface area contributed by atoms with Crippen molar-refractivity contribution in [2.45, 2.75) is 142 Å². The minimum Gasteiger partial charge on any atom is -0.480 e. The maximum absolute atomic E-state index is 13.2. The summed E-state index contributed by atoms with van der Waals surface area (Å²) in [6, 6.07) is 35.1. The second-order valence-electron chi connectivity index (χ2n) is 19.9. The van der Waals surface area contributed by atoms with Gasteiger partial charge in [0.1, 0.15) is 30.5 Å². The first kappa shape index (κ1) is 65.1. The highest BCUT2D eigenvalue weighted by molar-refractivity contribution is 5.91. The molecule has 77 heavy (non-hydrogen) atoms. The Morgan fingerprint density at radius 2 is 0.857 bits per heavy atom. The van der Waals surface area contributed by atoms with Crippen LogP contribution in [0.15, 0.2) is 121 Å². The van der Waals surface area contributed by atoms with Crippen molar-refractivity contribution in [2.24, 2.45) is 23.1 Å². The number of hydrogen-bond acceptors (Lipinski definition) is 13. The van der Waals surface area contributed by atoms with Gasteiger partial charge in [0.15, 0.2) is 5.78 Å². The highest BCUT2D eigenvalue weighted by atomic mass is 16.6. The van der Waals surface area contributed by atoms with Gasteiger partial charge in [-0.1, -0.05) is 121 Å². The summed E-state index contributed by atoms with van der Waals surface area (Å²) >= 11 is 0. The van der Waals surface area contributed by atoms with E-state index in [4.69, 9.17) is 36.1 Å². The Labute approximate surface area is 451 Å². The number of carboxylic acids is 1. The van der Waals surface area contributed by atoms with Crippen LogP contribution in [-0.2, 0) is 64.2 Å². The monoisotopic (exact) mass is 1070 g/mol. The smallest absolute Gasteiger partial charge is 0.408 e. The number of primary amides is 2. The Bertz CT molecular complexity index is 2400. The third kappa shape index (κ3) is 32.1. The van der Waals surface area contributed by atoms with Gasteiger partial charge in [-0.05, 0) is 115 Å². The molecule has 0 bridgehead atoms. The first-order valence-corrected chi connectivity index (χ1v) is 25.5. The summed E-state index contributed by atoms with van der Waals surface area (Å²) in [6.45, 7) is 11.4. The van der Waals surface area contributed by atoms with Crippen LogP contribution in [0.2, 0.25) is 0 Å². The molecule has 0 aromatic heterocycles. The average molecular weight is 1070 g/mol. The number of rotatable bonds is 26. The number of benzene rings is 4. The zero-order valence-electron chi connectivity index (χ0n) is 45.1. The highest BCUT2D eigenvalue weighted by Gasteiger charge is 2.29. The fourth-order valence-electron chi connectivity index (χ4n) is 6.87. The van der Waals surface area contributed by atoms with Crippen LogP contribution in [0.3, 0.4) is 0 Å². The third-order valence-electron chi connectivity index (χ3n) is 10.7. The average Bonchev–Trinajstić information content (AvgIpc) is 3.36. The molecule has 0 heterocycles. The molecule has 0 fully saturated rings. The predicted octanol–water partition coefficient (Wildman–Crippen LogP) is 7.38. The second-order valence-corrected chi connectivity index (χ2v) is 19.9. The molecule has 0 aliphatic rings. The summed E-state index contributed by atoms with van der Waals surface area (Å²) in [6.07, 6.45) is 0.903. The Kier molecular flexibility index (Phi) is 29.8. The first-order valence-electron chi connectivity index (χ1n) is 25.5. The Morgan fingerprint density at radius 3 is 1.22 bits per heavy atom. The topological polar surface area (TPSA) is 320 Å². The summed E-state index contributed by atoms with van der Waals surface area (Å²) in [4.78, 5) is 94.7. The number of alkyl carbamates (subject to hydrolysis) is 4. The number of Topliss-reactive ketones (excluding diaryl/α,β-unsaturated/α-hetero) is 1. The molecule has 20 heteroatoms. The van der Waals surface area contributed by atoms with Gasteiger partial charge in [-0.25, -0.2) is 24.0 Å². The molecule has 0 unspecified atom stereocenters. The zero-order valence-corrected chi connectivity index (χ0v) is 45.1. The van der Waals surface area contributed by atoms with Crippen molar-refractivity contribution in [1.82, 2.24) is 21.3 Å². The van der Waals surface area contributed by atoms with E-state index in [9.17, 15) is 43.5 Å². The number of aliphatic carboxylic acids is 1. The van der Waals surface area contributed by atoms with Crippen molar-refractivity contribution in [3.63, 3.8) is 0 Å². The highest BCUT2D eigenvalue weighted by Crippen LogP contribution is 2.17. The van der Waals surface area contributed by atoms with Crippen LogP contribution in [0.5, 0.6) is 0 Å². The Hall–Kier alpha value is -8.00. The maximum Gasteiger partial charge on any atom is 0.408 e. The van der Waals surface area contributed by atoms with Crippen molar-refractivity contribution in [3.05, 3.63) is 144 Å². The van der Waals surface area contributed by atoms with E-state index in [-0.39, 0.29) is 31.8 Å². The molecule has 4 aromatic carbocycles. The summed E-state index contributed by atoms with van der Waals surface area (Å²) in [7, 11) is 0. The predicted molar refractivity (Wildman–Crippen MR) is 291 cm³/mol. The summed E-state index contributed by atoms with van der Waals surface area (Å²) in [5.41, 5.74) is 18.4. The molecular formula is C57H79N7O13. The van der Waals surface area contributed by atoms with E-state index in [2.05, 4.69) is 21.3 Å². The third-order valence-corrected chi connectivity index (χ3v) is 10.7. The number of carboxylic acid groups (broad SMARTS) is 1. The van der Waals surface area contributed by atoms with Gasteiger partial charge in [-0.3, -0.25) is 14.4 Å². The van der Waals surface area contributed by atoms with Gasteiger partial charge in [0.05, 0.1) is 12.1 Å². The number of nitrogens with one attached hydrogen (secondary N) is 4. The molecule has 4 rings (SSSR count). The number of carbonyl (C=O) groups is 8. The fourth-order valence-corrected chi connectivity index (χ4v) is 6.87. The summed E-state index contributed by atoms with van der Waals surface area (Å²) in [5, 5.41) is 19.5. The lowest BCUT2D eigenvalue weighted by molar-refractivity contribution is -0.139. The number of unbranched alkanes of at least 4 members (excludes halogenated alkanes) is 2. The minimum atomic E-state index is -1.13. The summed E-state index contributed by atoms with van der Waals surface area (Å²) in [5.74, 6) is -3.16. The number of nitrogens with two attached hydrogens (primary N) is 3. The van der Waals surface area contributed by atoms with Crippen molar-refractivity contribution in [2.75, 3.05) is 13.1 Å². The van der Waals surface area contributed by atoms with E-state index < -0.39 is 77.4 Å². The summed E-state index contributed by atoms with van der Waals surface area (Å²) < 4.78 is 20.6. The zero-order chi connectivity index (χ0) is 57.2. The number of ether oxygens (including phenoxy) is 4. The molecule has 20 nitrogen and oxygen atoms in total. The number of amides is 6. The van der Waals surface area contributed by atoms with Crippen LogP contribution in [0, 0.1) is 5.92 Å². The molecule has 420 valence electrons. The Morgan fingerprint density at radius 1 is 0.494 bits per heavy atom. The van der Waals surface area contributed by atoms with E-state index in [1.54, 1.807) is 41.5 Å². The van der Waals surface area contributed by atoms with E-state index in [0.29, 0.717) is 58.0 Å². The van der Waals surface area contributed by atoms with Crippen LogP contribution < -0.4 is 38.5 Å². The van der Waals surface area contributed by atoms with Crippen LogP contribution in [0.25, 0.3) is 0 Å². The van der Waals surface area contributed by atoms with Gasteiger partial charge < -0.3 is 62.5 Å². The van der Waals surface area contributed by atoms with Crippen LogP contribution in [0.4, 0.5) is 19.2 Å². The van der Waals surface area contributed by atoms with Crippen LogP contribution in [0.1, 0.15) is 109 Å². The first-order chi connectivity index (χ1) is 36.4. The molecule has 11 N–H and O–H groups in total. The van der Waals surface area contributed by atoms with Gasteiger partial charge in [0, 0.05) is 25.4 Å². The maximum atomic E-state index is 13.2. The van der Waals surface area contributed by atoms with Gasteiger partial charge in [-0.2, -0.15) is 0 Å². The van der Waals surface area contributed by atoms with Crippen molar-refractivity contribution >= 4 is 47.9 Å². The molecule has 0 radical (unpaired) electrons. The molecule has 0 saturated carbocycles. The molecule has 4 atom stereocenters. The van der Waals surface area contributed by atoms with Crippen molar-refractivity contribution < 1.29 is 62.4 Å². The molecule has 6 amide bonds. The van der Waals surface area contributed by atoms with E-state index >= 15 is 0 Å². The SMILES string of the molecule is CC(C)(C)OC(=O)N[C@@H](CCCCNC(=O)OCc1ccccc1)C(=O)C[C@@H](Cc1ccccc1)C(N)=O.CC(C)(C)OC(=O)N[C@@H](CCCCNC(=O)OCc1ccccc1)C(=O)O.NC(=O)[C@@H](N)Cc1ccccc1. The van der Waals surface area contributed by atoms with Gasteiger partial charge in [0.25, 0.3) is 0 Å². The number of hydrogen-bond donors (Lipinski definition) is 8. The lowest BCUT2D eigenvalue weighted by Crippen LogP contribution is -2.44. The lowest BCUT2D eigenvalue weighted by atomic mass is 9.90. The standard InChI is InChI=1S/C29H39N3O6.C19H28N2O6.C9H12N2O/c1-29(2,3)38-28(36)32-24(25(33)19-23(26(30)34)18-21-12-6-4-7-13-21)16-10-11-17-31-27(35)37-20-22-14-8-5-9-15-22;1-19(2,3)27-18(25)21-15(16(22)23)11-7-8-12-20-17(24)26-13-14-9-5-4-6-10-14;10-8(9(11)12)6-7-4-2-1-3-5-7/h4-9,12-15,23-24H,10-11,16-20H2,1-3H3,(H2,30,34)(H,31,35)(H,32,36);4-6,9-10,15H,7-8,11-13H2,1-3H3,(H,20,24)(H,21,25)(H,22,23);1-5,8H,6,10H2,(H2,11,12)/t23-,24+;15-;8-/m100/s1.